The lowest BCUT2D eigenvalue weighted by atomic mass is 9.97. The summed E-state index contributed by atoms with van der Waals surface area (Å²) in [5.74, 6) is -1.64. The lowest BCUT2D eigenvalue weighted by Crippen LogP contribution is -2.46. The molecule has 9 nitrogen and oxygen atoms in total. The van der Waals surface area contributed by atoms with Crippen LogP contribution in [-0.4, -0.2) is 56.6 Å². The molecular formula is C24H22N2O7. The van der Waals surface area contributed by atoms with Crippen molar-refractivity contribution in [1.29, 1.82) is 0 Å². The number of carbonyl (C=O) groups is 4. The molecule has 1 unspecified atom stereocenters. The van der Waals surface area contributed by atoms with Gasteiger partial charge in [0, 0.05) is 11.1 Å². The third-order valence-electron chi connectivity index (χ3n) is 5.02. The number of nitrogens with zero attached hydrogens (tertiary/aromatic N) is 2. The van der Waals surface area contributed by atoms with Gasteiger partial charge in [0.05, 0.1) is 32.6 Å². The Labute approximate surface area is 190 Å². The van der Waals surface area contributed by atoms with Crippen molar-refractivity contribution in [3.05, 3.63) is 71.3 Å². The lowest BCUT2D eigenvalue weighted by molar-refractivity contribution is -0.144. The van der Waals surface area contributed by atoms with E-state index >= 15 is 0 Å². The van der Waals surface area contributed by atoms with Crippen molar-refractivity contribution in [3.8, 4) is 5.75 Å². The molecule has 0 bridgehead atoms. The number of hydrazone groups is 1. The van der Waals surface area contributed by atoms with Crippen molar-refractivity contribution in [1.82, 2.24) is 0 Å². The molecule has 0 aromatic heterocycles. The molecule has 9 heteroatoms. The van der Waals surface area contributed by atoms with E-state index in [1.165, 1.54) is 63.6 Å². The van der Waals surface area contributed by atoms with Gasteiger partial charge in [-0.3, -0.25) is 9.59 Å². The number of Topliss-reactive ketones (excluding diaryl/α,β-unsaturated/α-hetero) is 2. The van der Waals surface area contributed by atoms with Crippen LogP contribution < -0.4 is 9.75 Å². The van der Waals surface area contributed by atoms with Gasteiger partial charge in [-0.2, -0.15) is 5.10 Å². The molecule has 0 saturated carbocycles. The Balaban J connectivity index is 2.12. The molecule has 0 N–H and O–H groups in total. The van der Waals surface area contributed by atoms with E-state index in [0.29, 0.717) is 17.0 Å². The zero-order valence-corrected chi connectivity index (χ0v) is 18.5. The van der Waals surface area contributed by atoms with Crippen LogP contribution in [0.5, 0.6) is 5.75 Å². The van der Waals surface area contributed by atoms with Crippen LogP contribution in [0, 0.1) is 0 Å². The van der Waals surface area contributed by atoms with Crippen LogP contribution in [0.4, 0.5) is 5.69 Å². The van der Waals surface area contributed by atoms with E-state index in [-0.39, 0.29) is 22.6 Å². The highest BCUT2D eigenvalue weighted by Crippen LogP contribution is 2.29. The number of hydrogen-bond donors (Lipinski definition) is 0. The number of benzene rings is 2. The van der Waals surface area contributed by atoms with Crippen molar-refractivity contribution < 1.29 is 33.4 Å². The fraction of sp³-hybridized carbons (Fsp3) is 0.208. The van der Waals surface area contributed by atoms with E-state index in [9.17, 15) is 19.2 Å². The summed E-state index contributed by atoms with van der Waals surface area (Å²) >= 11 is 0. The van der Waals surface area contributed by atoms with Gasteiger partial charge in [0.25, 0.3) is 0 Å². The van der Waals surface area contributed by atoms with Gasteiger partial charge in [0.2, 0.25) is 5.78 Å². The standard InChI is InChI=1S/C24H22N2O7/c1-14(27)15-5-7-16(8-6-15)22(28)20-13-19(23(29)32-3)21(24(30)33-4)26(25-20)17-9-11-18(31-2)12-10-17/h5-13,21H,1-4H3. The highest BCUT2D eigenvalue weighted by atomic mass is 16.5. The molecule has 2 aromatic carbocycles. The normalized spacial score (nSPS) is 15.2. The Morgan fingerprint density at radius 1 is 0.848 bits per heavy atom. The van der Waals surface area contributed by atoms with Gasteiger partial charge in [-0.25, -0.2) is 14.6 Å². The predicted molar refractivity (Wildman–Crippen MR) is 120 cm³/mol. The summed E-state index contributed by atoms with van der Waals surface area (Å²) in [5, 5.41) is 5.60. The predicted octanol–water partition coefficient (Wildman–Crippen LogP) is 2.60. The van der Waals surface area contributed by atoms with E-state index in [1.54, 1.807) is 24.3 Å². The Hall–Kier alpha value is -4.27. The number of esters is 2. The Bertz CT molecular complexity index is 1150. The van der Waals surface area contributed by atoms with Gasteiger partial charge in [0.15, 0.2) is 11.8 Å². The minimum absolute atomic E-state index is 0.0954. The lowest BCUT2D eigenvalue weighted by Gasteiger charge is -2.31. The zero-order chi connectivity index (χ0) is 24.1. The van der Waals surface area contributed by atoms with E-state index in [2.05, 4.69) is 5.10 Å². The maximum atomic E-state index is 13.2. The number of anilines is 1. The first kappa shape index (κ1) is 23.4. The molecule has 1 aliphatic heterocycles. The van der Waals surface area contributed by atoms with Gasteiger partial charge < -0.3 is 14.2 Å². The molecule has 170 valence electrons. The van der Waals surface area contributed by atoms with Crippen LogP contribution in [0.3, 0.4) is 0 Å². The highest BCUT2D eigenvalue weighted by Gasteiger charge is 2.39. The van der Waals surface area contributed by atoms with Crippen molar-refractivity contribution in [3.63, 3.8) is 0 Å². The second-order valence-corrected chi connectivity index (χ2v) is 7.01. The summed E-state index contributed by atoms with van der Waals surface area (Å²) in [5.41, 5.74) is 0.915. The molecule has 3 rings (SSSR count). The number of ketones is 2. The quantitative estimate of drug-likeness (QED) is 0.467. The molecule has 1 atom stereocenters. The van der Waals surface area contributed by atoms with Crippen LogP contribution >= 0.6 is 0 Å². The van der Waals surface area contributed by atoms with E-state index < -0.39 is 23.8 Å². The second kappa shape index (κ2) is 9.90. The maximum Gasteiger partial charge on any atom is 0.336 e. The Morgan fingerprint density at radius 3 is 1.97 bits per heavy atom. The van der Waals surface area contributed by atoms with Crippen molar-refractivity contribution in [2.24, 2.45) is 5.10 Å². The van der Waals surface area contributed by atoms with Crippen molar-refractivity contribution in [2.45, 2.75) is 13.0 Å². The Kier molecular flexibility index (Phi) is 7.02. The molecule has 0 radical (unpaired) electrons. The van der Waals surface area contributed by atoms with Gasteiger partial charge in [-0.15, -0.1) is 0 Å². The third-order valence-corrected chi connectivity index (χ3v) is 5.02. The molecule has 0 amide bonds. The van der Waals surface area contributed by atoms with Crippen LogP contribution in [0.15, 0.2) is 65.3 Å². The number of hydrogen-bond acceptors (Lipinski definition) is 9. The molecule has 2 aromatic rings. The van der Waals surface area contributed by atoms with E-state index in [4.69, 9.17) is 14.2 Å². The summed E-state index contributed by atoms with van der Waals surface area (Å²) in [4.78, 5) is 49.9. The molecule has 0 saturated heterocycles. The Morgan fingerprint density at radius 2 is 1.45 bits per heavy atom. The summed E-state index contributed by atoms with van der Waals surface area (Å²) in [6, 6.07) is 11.3. The van der Waals surface area contributed by atoms with Gasteiger partial charge in [-0.05, 0) is 37.3 Å². The SMILES string of the molecule is COC(=O)C1=CC(C(=O)c2ccc(C(C)=O)cc2)=NN(c2ccc(OC)cc2)C1C(=O)OC. The minimum Gasteiger partial charge on any atom is -0.497 e. The first-order chi connectivity index (χ1) is 15.8. The maximum absolute atomic E-state index is 13.2. The summed E-state index contributed by atoms with van der Waals surface area (Å²) in [6.45, 7) is 1.42. The zero-order valence-electron chi connectivity index (χ0n) is 18.5. The largest absolute Gasteiger partial charge is 0.497 e. The smallest absolute Gasteiger partial charge is 0.336 e. The van der Waals surface area contributed by atoms with Crippen molar-refractivity contribution in [2.75, 3.05) is 26.3 Å². The first-order valence-corrected chi connectivity index (χ1v) is 9.86. The number of ether oxygens (including phenoxy) is 3. The molecule has 1 aliphatic rings. The summed E-state index contributed by atoms with van der Waals surface area (Å²) in [7, 11) is 3.87. The average molecular weight is 450 g/mol. The van der Waals surface area contributed by atoms with E-state index in [0.717, 1.165) is 0 Å². The number of methoxy groups -OCH3 is 3. The number of allylic oxidation sites excluding steroid dienone is 1. The van der Waals surface area contributed by atoms with Gasteiger partial charge >= 0.3 is 11.9 Å². The highest BCUT2D eigenvalue weighted by molar-refractivity contribution is 6.50. The molecule has 0 fully saturated rings. The molecular weight excluding hydrogens is 428 g/mol. The number of carbonyl (C=O) groups excluding carboxylic acids is 4. The molecule has 0 spiro atoms. The minimum atomic E-state index is -1.27. The topological polar surface area (TPSA) is 112 Å². The molecule has 0 aliphatic carbocycles. The van der Waals surface area contributed by atoms with Crippen LogP contribution in [0.1, 0.15) is 27.6 Å². The summed E-state index contributed by atoms with van der Waals surface area (Å²) in [6.07, 6.45) is 1.22. The van der Waals surface area contributed by atoms with Gasteiger partial charge in [-0.1, -0.05) is 24.3 Å². The average Bonchev–Trinajstić information content (AvgIpc) is 2.86. The first-order valence-electron chi connectivity index (χ1n) is 9.86. The fourth-order valence-corrected chi connectivity index (χ4v) is 3.24. The van der Waals surface area contributed by atoms with Crippen molar-refractivity contribution >= 4 is 34.9 Å². The second-order valence-electron chi connectivity index (χ2n) is 7.01. The molecule has 33 heavy (non-hydrogen) atoms. The monoisotopic (exact) mass is 450 g/mol. The molecule has 1 heterocycles. The summed E-state index contributed by atoms with van der Waals surface area (Å²) < 4.78 is 14.9. The van der Waals surface area contributed by atoms with E-state index in [1.807, 2.05) is 0 Å². The van der Waals surface area contributed by atoms with Crippen LogP contribution in [-0.2, 0) is 19.1 Å². The number of rotatable bonds is 7. The third kappa shape index (κ3) is 4.82. The van der Waals surface area contributed by atoms with Crippen LogP contribution in [0.2, 0.25) is 0 Å². The van der Waals surface area contributed by atoms with Gasteiger partial charge in [0.1, 0.15) is 11.5 Å². The fourth-order valence-electron chi connectivity index (χ4n) is 3.24. The van der Waals surface area contributed by atoms with Crippen LogP contribution in [0.25, 0.3) is 0 Å².